The molecule has 4 aromatic rings. The van der Waals surface area contributed by atoms with Gasteiger partial charge in [0.05, 0.1) is 17.1 Å². The molecule has 0 saturated heterocycles. The van der Waals surface area contributed by atoms with Crippen molar-refractivity contribution in [2.24, 2.45) is 0 Å². The number of carbonyl (C=O) groups excluding carboxylic acids is 2. The van der Waals surface area contributed by atoms with Crippen molar-refractivity contribution in [1.29, 1.82) is 0 Å². The molecule has 0 bridgehead atoms. The van der Waals surface area contributed by atoms with Crippen molar-refractivity contribution < 1.29 is 9.59 Å². The van der Waals surface area contributed by atoms with Crippen LogP contribution in [0.4, 0.5) is 11.4 Å². The van der Waals surface area contributed by atoms with Crippen LogP contribution in [0.1, 0.15) is 37.4 Å². The summed E-state index contributed by atoms with van der Waals surface area (Å²) in [7, 11) is 0. The summed E-state index contributed by atoms with van der Waals surface area (Å²) in [6, 6.07) is 27.8. The van der Waals surface area contributed by atoms with Gasteiger partial charge in [0.15, 0.2) is 0 Å². The number of para-hydroxylation sites is 1. The lowest BCUT2D eigenvalue weighted by Gasteiger charge is -2.23. The molecule has 0 fully saturated rings. The molecule has 168 valence electrons. The molecular weight excluding hydrogens is 467 g/mol. The second-order valence-electron chi connectivity index (χ2n) is 8.12. The predicted octanol–water partition coefficient (Wildman–Crippen LogP) is 7.00. The van der Waals surface area contributed by atoms with Crippen LogP contribution >= 0.6 is 23.2 Å². The fourth-order valence-corrected chi connectivity index (χ4v) is 4.67. The van der Waals surface area contributed by atoms with Crippen molar-refractivity contribution >= 4 is 46.4 Å². The molecule has 34 heavy (non-hydrogen) atoms. The molecule has 0 aliphatic carbocycles. The zero-order valence-corrected chi connectivity index (χ0v) is 19.6. The van der Waals surface area contributed by atoms with Gasteiger partial charge in [-0.25, -0.2) is 0 Å². The number of halogens is 2. The molecule has 1 heterocycles. The highest BCUT2D eigenvalue weighted by Crippen LogP contribution is 2.32. The molecule has 0 unspecified atom stereocenters. The minimum absolute atomic E-state index is 0.0947. The van der Waals surface area contributed by atoms with E-state index in [1.54, 1.807) is 36.4 Å². The van der Waals surface area contributed by atoms with Gasteiger partial charge in [0.25, 0.3) is 11.8 Å². The van der Waals surface area contributed by atoms with Gasteiger partial charge in [-0.1, -0.05) is 65.7 Å². The molecule has 6 heteroatoms. The Hall–Kier alpha value is -3.60. The molecule has 5 rings (SSSR count). The third-order valence-corrected chi connectivity index (χ3v) is 6.47. The van der Waals surface area contributed by atoms with E-state index in [0.717, 1.165) is 23.2 Å². The highest BCUT2D eigenvalue weighted by molar-refractivity contribution is 6.37. The Labute approximate surface area is 207 Å². The minimum atomic E-state index is -0.348. The summed E-state index contributed by atoms with van der Waals surface area (Å²) in [5, 5.41) is 3.55. The number of nitrogens with zero attached hydrogens (tertiary/aromatic N) is 1. The maximum Gasteiger partial charge on any atom is 0.258 e. The number of anilines is 2. The van der Waals surface area contributed by atoms with E-state index in [4.69, 9.17) is 23.2 Å². The number of nitrogens with one attached hydrogen (secondary N) is 1. The maximum absolute atomic E-state index is 13.6. The molecule has 0 atom stereocenters. The SMILES string of the molecule is O=C(Nc1ccc(C(=O)N2Cc3ccccc3Cc3ccccc32)cc1)c1ccc(Cl)cc1Cl. The van der Waals surface area contributed by atoms with Crippen LogP contribution in [-0.4, -0.2) is 11.8 Å². The molecule has 4 aromatic carbocycles. The summed E-state index contributed by atoms with van der Waals surface area (Å²) in [4.78, 5) is 28.0. The normalized spacial score (nSPS) is 12.4. The lowest BCUT2D eigenvalue weighted by molar-refractivity contribution is 0.0984. The Balaban J connectivity index is 1.39. The number of hydrogen-bond donors (Lipinski definition) is 1. The zero-order valence-electron chi connectivity index (χ0n) is 18.1. The Kier molecular flexibility index (Phi) is 6.10. The topological polar surface area (TPSA) is 49.4 Å². The maximum atomic E-state index is 13.6. The first kappa shape index (κ1) is 22.2. The van der Waals surface area contributed by atoms with Crippen LogP contribution in [0.5, 0.6) is 0 Å². The van der Waals surface area contributed by atoms with Gasteiger partial charge in [-0.15, -0.1) is 0 Å². The first-order valence-corrected chi connectivity index (χ1v) is 11.6. The van der Waals surface area contributed by atoms with Crippen molar-refractivity contribution in [3.05, 3.63) is 129 Å². The summed E-state index contributed by atoms with van der Waals surface area (Å²) in [5.74, 6) is -0.443. The van der Waals surface area contributed by atoms with Gasteiger partial charge in [-0.3, -0.25) is 9.59 Å². The van der Waals surface area contributed by atoms with Crippen LogP contribution in [0.3, 0.4) is 0 Å². The molecule has 1 aliphatic heterocycles. The van der Waals surface area contributed by atoms with Crippen LogP contribution in [0.15, 0.2) is 91.0 Å². The van der Waals surface area contributed by atoms with E-state index >= 15 is 0 Å². The minimum Gasteiger partial charge on any atom is -0.322 e. The second-order valence-corrected chi connectivity index (χ2v) is 8.96. The molecule has 0 spiro atoms. The van der Waals surface area contributed by atoms with Gasteiger partial charge in [0, 0.05) is 22.0 Å². The van der Waals surface area contributed by atoms with E-state index < -0.39 is 0 Å². The number of amides is 2. The van der Waals surface area contributed by atoms with Crippen LogP contribution in [-0.2, 0) is 13.0 Å². The van der Waals surface area contributed by atoms with Gasteiger partial charge in [-0.05, 0) is 71.6 Å². The first-order valence-electron chi connectivity index (χ1n) is 10.8. The van der Waals surface area contributed by atoms with E-state index in [-0.39, 0.29) is 16.8 Å². The van der Waals surface area contributed by atoms with Crippen molar-refractivity contribution in [3.63, 3.8) is 0 Å². The molecule has 2 amide bonds. The average Bonchev–Trinajstić information content (AvgIpc) is 3.01. The summed E-state index contributed by atoms with van der Waals surface area (Å²) >= 11 is 12.0. The van der Waals surface area contributed by atoms with Crippen LogP contribution in [0, 0.1) is 0 Å². The fraction of sp³-hybridized carbons (Fsp3) is 0.0714. The van der Waals surface area contributed by atoms with Crippen molar-refractivity contribution in [1.82, 2.24) is 0 Å². The molecule has 0 radical (unpaired) electrons. The lowest BCUT2D eigenvalue weighted by atomic mass is 10.0. The van der Waals surface area contributed by atoms with E-state index in [1.165, 1.54) is 11.6 Å². The van der Waals surface area contributed by atoms with Crippen LogP contribution in [0.2, 0.25) is 10.0 Å². The number of rotatable bonds is 3. The third-order valence-electron chi connectivity index (χ3n) is 5.92. The average molecular weight is 487 g/mol. The van der Waals surface area contributed by atoms with E-state index in [2.05, 4.69) is 23.5 Å². The van der Waals surface area contributed by atoms with E-state index in [9.17, 15) is 9.59 Å². The molecule has 1 aliphatic rings. The molecule has 0 aromatic heterocycles. The monoisotopic (exact) mass is 486 g/mol. The standard InChI is InChI=1S/C28H20Cl2N2O2/c29-22-11-14-24(25(30)16-22)27(33)31-23-12-9-18(10-13-23)28(34)32-17-21-7-2-1-5-19(21)15-20-6-3-4-8-26(20)32/h1-14,16H,15,17H2,(H,31,33). The summed E-state index contributed by atoms with van der Waals surface area (Å²) in [6.07, 6.45) is 0.786. The zero-order chi connectivity index (χ0) is 23.7. The lowest BCUT2D eigenvalue weighted by Crippen LogP contribution is -2.30. The van der Waals surface area contributed by atoms with Crippen LogP contribution in [0.25, 0.3) is 0 Å². The molecule has 4 nitrogen and oxygen atoms in total. The third kappa shape index (κ3) is 4.43. The second kappa shape index (κ2) is 9.34. The largest absolute Gasteiger partial charge is 0.322 e. The molecule has 1 N–H and O–H groups in total. The van der Waals surface area contributed by atoms with Gasteiger partial charge >= 0.3 is 0 Å². The summed E-state index contributed by atoms with van der Waals surface area (Å²) in [6.45, 7) is 0.500. The Bertz CT molecular complexity index is 1400. The summed E-state index contributed by atoms with van der Waals surface area (Å²) < 4.78 is 0. The van der Waals surface area contributed by atoms with Crippen LogP contribution < -0.4 is 10.2 Å². The van der Waals surface area contributed by atoms with Crippen molar-refractivity contribution in [2.75, 3.05) is 10.2 Å². The highest BCUT2D eigenvalue weighted by Gasteiger charge is 2.24. The van der Waals surface area contributed by atoms with Gasteiger partial charge < -0.3 is 10.2 Å². The van der Waals surface area contributed by atoms with E-state index in [1.807, 2.05) is 35.2 Å². The van der Waals surface area contributed by atoms with Crippen molar-refractivity contribution in [3.8, 4) is 0 Å². The van der Waals surface area contributed by atoms with Gasteiger partial charge in [-0.2, -0.15) is 0 Å². The molecule has 0 saturated carbocycles. The number of hydrogen-bond acceptors (Lipinski definition) is 2. The van der Waals surface area contributed by atoms with Gasteiger partial charge in [0.2, 0.25) is 0 Å². The predicted molar refractivity (Wildman–Crippen MR) is 137 cm³/mol. The van der Waals surface area contributed by atoms with Gasteiger partial charge in [0.1, 0.15) is 0 Å². The first-order chi connectivity index (χ1) is 16.5. The smallest absolute Gasteiger partial charge is 0.258 e. The number of benzene rings is 4. The Morgan fingerprint density at radius 1 is 0.765 bits per heavy atom. The Morgan fingerprint density at radius 2 is 1.44 bits per heavy atom. The van der Waals surface area contributed by atoms with E-state index in [0.29, 0.717) is 28.4 Å². The fourth-order valence-electron chi connectivity index (χ4n) is 4.17. The quantitative estimate of drug-likeness (QED) is 0.338. The summed E-state index contributed by atoms with van der Waals surface area (Å²) in [5.41, 5.74) is 5.82. The molecular formula is C28H20Cl2N2O2. The van der Waals surface area contributed by atoms with Crippen molar-refractivity contribution in [2.45, 2.75) is 13.0 Å². The number of carbonyl (C=O) groups is 2. The Morgan fingerprint density at radius 3 is 2.18 bits per heavy atom. The number of fused-ring (bicyclic) bond motifs is 2. The highest BCUT2D eigenvalue weighted by atomic mass is 35.5.